The van der Waals surface area contributed by atoms with Gasteiger partial charge in [-0.2, -0.15) is 11.8 Å². The van der Waals surface area contributed by atoms with E-state index in [0.717, 1.165) is 35.4 Å². The highest BCUT2D eigenvalue weighted by Gasteiger charge is 2.14. The van der Waals surface area contributed by atoms with Crippen molar-refractivity contribution >= 4 is 41.1 Å². The third-order valence-electron chi connectivity index (χ3n) is 3.21. The number of hydrogen-bond acceptors (Lipinski definition) is 8. The SMILES string of the molecule is Cc1cc(NC(=O)CSc2cc(N3CCSCC3)ncn2)no1. The van der Waals surface area contributed by atoms with Crippen molar-refractivity contribution in [1.82, 2.24) is 15.1 Å². The first kappa shape index (κ1) is 16.1. The summed E-state index contributed by atoms with van der Waals surface area (Å²) in [5.41, 5.74) is 0. The van der Waals surface area contributed by atoms with Crippen LogP contribution in [-0.2, 0) is 4.79 Å². The first-order valence-electron chi connectivity index (χ1n) is 7.21. The van der Waals surface area contributed by atoms with Gasteiger partial charge in [-0.05, 0) is 6.92 Å². The Balaban J connectivity index is 1.54. The van der Waals surface area contributed by atoms with Crippen LogP contribution in [0.5, 0.6) is 0 Å². The second-order valence-corrected chi connectivity index (χ2v) is 7.19. The molecule has 0 aliphatic carbocycles. The lowest BCUT2D eigenvalue weighted by molar-refractivity contribution is -0.113. The Morgan fingerprint density at radius 2 is 2.22 bits per heavy atom. The lowest BCUT2D eigenvalue weighted by Gasteiger charge is -2.27. The maximum atomic E-state index is 11.9. The number of nitrogens with zero attached hydrogens (tertiary/aromatic N) is 4. The fraction of sp³-hybridized carbons (Fsp3) is 0.429. The summed E-state index contributed by atoms with van der Waals surface area (Å²) in [4.78, 5) is 22.7. The van der Waals surface area contributed by atoms with Crippen LogP contribution >= 0.6 is 23.5 Å². The van der Waals surface area contributed by atoms with Crippen LogP contribution in [0, 0.1) is 6.92 Å². The van der Waals surface area contributed by atoms with E-state index in [-0.39, 0.29) is 11.7 Å². The standard InChI is InChI=1S/C14H17N5O2S2/c1-10-6-11(18-21-10)17-13(20)8-23-14-7-12(15-9-16-14)19-2-4-22-5-3-19/h6-7,9H,2-5,8H2,1H3,(H,17,18,20). The van der Waals surface area contributed by atoms with Crippen LogP contribution in [-0.4, -0.2) is 51.4 Å². The van der Waals surface area contributed by atoms with Gasteiger partial charge in [-0.15, -0.1) is 0 Å². The zero-order valence-corrected chi connectivity index (χ0v) is 14.3. The summed E-state index contributed by atoms with van der Waals surface area (Å²) in [6.45, 7) is 3.77. The Hall–Kier alpha value is -1.74. The maximum Gasteiger partial charge on any atom is 0.236 e. The molecule has 0 saturated carbocycles. The number of rotatable bonds is 5. The molecule has 7 nitrogen and oxygen atoms in total. The second kappa shape index (κ2) is 7.69. The van der Waals surface area contributed by atoms with Crippen LogP contribution in [0.2, 0.25) is 0 Å². The topological polar surface area (TPSA) is 84.2 Å². The molecule has 1 aliphatic rings. The third-order valence-corrected chi connectivity index (χ3v) is 5.08. The van der Waals surface area contributed by atoms with Crippen molar-refractivity contribution in [2.45, 2.75) is 11.9 Å². The van der Waals surface area contributed by atoms with Gasteiger partial charge in [0.1, 0.15) is 22.9 Å². The van der Waals surface area contributed by atoms with E-state index in [9.17, 15) is 4.79 Å². The lowest BCUT2D eigenvalue weighted by Crippen LogP contribution is -2.33. The normalized spacial score (nSPS) is 14.7. The Kier molecular flexibility index (Phi) is 5.39. The van der Waals surface area contributed by atoms with Crippen LogP contribution in [0.25, 0.3) is 0 Å². The van der Waals surface area contributed by atoms with Gasteiger partial charge in [0.05, 0.1) is 5.75 Å². The molecule has 0 radical (unpaired) electrons. The van der Waals surface area contributed by atoms with Gasteiger partial charge in [0.15, 0.2) is 5.82 Å². The van der Waals surface area contributed by atoms with Crippen molar-refractivity contribution in [3.05, 3.63) is 24.2 Å². The minimum Gasteiger partial charge on any atom is -0.360 e. The fourth-order valence-electron chi connectivity index (χ4n) is 2.12. The molecule has 2 aromatic rings. The first-order valence-corrected chi connectivity index (χ1v) is 9.35. The number of nitrogens with one attached hydrogen (secondary N) is 1. The van der Waals surface area contributed by atoms with E-state index in [1.807, 2.05) is 17.8 Å². The number of carbonyl (C=O) groups is 1. The number of aromatic nitrogens is 3. The molecule has 122 valence electrons. The van der Waals surface area contributed by atoms with E-state index in [0.29, 0.717) is 11.6 Å². The van der Waals surface area contributed by atoms with Gasteiger partial charge in [-0.25, -0.2) is 9.97 Å². The van der Waals surface area contributed by atoms with Crippen molar-refractivity contribution in [1.29, 1.82) is 0 Å². The molecular formula is C14H17N5O2S2. The minimum absolute atomic E-state index is 0.141. The monoisotopic (exact) mass is 351 g/mol. The van der Waals surface area contributed by atoms with Gasteiger partial charge in [0, 0.05) is 36.7 Å². The summed E-state index contributed by atoms with van der Waals surface area (Å²) in [7, 11) is 0. The molecule has 0 bridgehead atoms. The van der Waals surface area contributed by atoms with E-state index in [1.165, 1.54) is 11.8 Å². The summed E-state index contributed by atoms with van der Waals surface area (Å²) >= 11 is 3.34. The number of aryl methyl sites for hydroxylation is 1. The molecule has 23 heavy (non-hydrogen) atoms. The van der Waals surface area contributed by atoms with E-state index in [2.05, 4.69) is 25.3 Å². The zero-order chi connectivity index (χ0) is 16.1. The summed E-state index contributed by atoms with van der Waals surface area (Å²) in [5, 5.41) is 7.22. The quantitative estimate of drug-likeness (QED) is 0.647. The highest BCUT2D eigenvalue weighted by Crippen LogP contribution is 2.22. The molecule has 1 amide bonds. The number of thioether (sulfide) groups is 2. The van der Waals surface area contributed by atoms with Crippen molar-refractivity contribution in [3.63, 3.8) is 0 Å². The van der Waals surface area contributed by atoms with Gasteiger partial charge in [0.25, 0.3) is 0 Å². The molecule has 0 aromatic carbocycles. The molecule has 0 atom stereocenters. The second-order valence-electron chi connectivity index (χ2n) is 4.97. The van der Waals surface area contributed by atoms with Crippen molar-refractivity contribution in [3.8, 4) is 0 Å². The summed E-state index contributed by atoms with van der Waals surface area (Å²) in [5.74, 6) is 4.37. The Morgan fingerprint density at radius 1 is 1.39 bits per heavy atom. The zero-order valence-electron chi connectivity index (χ0n) is 12.7. The smallest absolute Gasteiger partial charge is 0.236 e. The molecule has 2 aromatic heterocycles. The molecule has 3 heterocycles. The largest absolute Gasteiger partial charge is 0.360 e. The van der Waals surface area contributed by atoms with E-state index >= 15 is 0 Å². The van der Waals surface area contributed by atoms with E-state index in [1.54, 1.807) is 19.3 Å². The molecule has 0 spiro atoms. The van der Waals surface area contributed by atoms with Crippen LogP contribution in [0.4, 0.5) is 11.6 Å². The van der Waals surface area contributed by atoms with Gasteiger partial charge >= 0.3 is 0 Å². The predicted octanol–water partition coefficient (Wildman–Crippen LogP) is 2.06. The van der Waals surface area contributed by atoms with Crippen LogP contribution < -0.4 is 10.2 Å². The van der Waals surface area contributed by atoms with Crippen LogP contribution in [0.1, 0.15) is 5.76 Å². The van der Waals surface area contributed by atoms with E-state index in [4.69, 9.17) is 4.52 Å². The van der Waals surface area contributed by atoms with Gasteiger partial charge in [-0.1, -0.05) is 16.9 Å². The number of hydrogen-bond donors (Lipinski definition) is 1. The average molecular weight is 351 g/mol. The Labute approximate surface area is 142 Å². The predicted molar refractivity (Wildman–Crippen MR) is 92.2 cm³/mol. The van der Waals surface area contributed by atoms with Gasteiger partial charge < -0.3 is 14.7 Å². The average Bonchev–Trinajstić information content (AvgIpc) is 2.99. The van der Waals surface area contributed by atoms with Crippen molar-refractivity contribution in [2.75, 3.05) is 40.6 Å². The Morgan fingerprint density at radius 3 is 2.96 bits per heavy atom. The lowest BCUT2D eigenvalue weighted by atomic mass is 10.4. The summed E-state index contributed by atoms with van der Waals surface area (Å²) in [6.07, 6.45) is 1.55. The Bertz CT molecular complexity index is 673. The molecular weight excluding hydrogens is 334 g/mol. The summed E-state index contributed by atoms with van der Waals surface area (Å²) in [6, 6.07) is 3.62. The first-order chi connectivity index (χ1) is 11.2. The van der Waals surface area contributed by atoms with E-state index < -0.39 is 0 Å². The summed E-state index contributed by atoms with van der Waals surface area (Å²) < 4.78 is 4.91. The molecule has 0 unspecified atom stereocenters. The fourth-order valence-corrected chi connectivity index (χ4v) is 3.68. The van der Waals surface area contributed by atoms with Crippen molar-refractivity contribution in [2.24, 2.45) is 0 Å². The molecule has 9 heteroatoms. The molecule has 3 rings (SSSR count). The maximum absolute atomic E-state index is 11.9. The van der Waals surface area contributed by atoms with Crippen molar-refractivity contribution < 1.29 is 9.32 Å². The van der Waals surface area contributed by atoms with Gasteiger partial charge in [0.2, 0.25) is 5.91 Å². The van der Waals surface area contributed by atoms with Crippen LogP contribution in [0.15, 0.2) is 28.0 Å². The molecule has 1 fully saturated rings. The van der Waals surface area contributed by atoms with Crippen LogP contribution in [0.3, 0.4) is 0 Å². The highest BCUT2D eigenvalue weighted by atomic mass is 32.2. The molecule has 1 aliphatic heterocycles. The number of anilines is 2. The third kappa shape index (κ3) is 4.61. The highest BCUT2D eigenvalue weighted by molar-refractivity contribution is 8.00. The number of carbonyl (C=O) groups excluding carboxylic acids is 1. The molecule has 1 N–H and O–H groups in total. The van der Waals surface area contributed by atoms with Gasteiger partial charge in [-0.3, -0.25) is 4.79 Å². The molecule has 1 saturated heterocycles. The minimum atomic E-state index is -0.141. The number of amides is 1.